The predicted octanol–water partition coefficient (Wildman–Crippen LogP) is 4.72. The van der Waals surface area contributed by atoms with Crippen LogP contribution >= 0.6 is 0 Å². The minimum Gasteiger partial charge on any atom is -0.504 e. The maximum atomic E-state index is 10.6. The van der Waals surface area contributed by atoms with E-state index in [-0.39, 0.29) is 28.6 Å². The molecule has 1 saturated heterocycles. The van der Waals surface area contributed by atoms with Crippen LogP contribution in [0.15, 0.2) is 35.5 Å². The van der Waals surface area contributed by atoms with Crippen molar-refractivity contribution < 1.29 is 10.2 Å². The number of allylic oxidation sites excluding steroid dienone is 2. The van der Waals surface area contributed by atoms with Gasteiger partial charge in [-0.15, -0.1) is 10.2 Å². The molecule has 1 aromatic carbocycles. The maximum absolute atomic E-state index is 10.6. The lowest BCUT2D eigenvalue weighted by molar-refractivity contribution is 0.160. The molecule has 186 valence electrons. The zero-order valence-electron chi connectivity index (χ0n) is 22.0. The summed E-state index contributed by atoms with van der Waals surface area (Å²) in [6.45, 7) is 14.7. The van der Waals surface area contributed by atoms with E-state index in [1.807, 2.05) is 33.9 Å². The van der Waals surface area contributed by atoms with Gasteiger partial charge in [-0.3, -0.25) is 4.99 Å². The van der Waals surface area contributed by atoms with E-state index < -0.39 is 0 Å². The molecule has 0 radical (unpaired) electrons. The lowest BCUT2D eigenvalue weighted by Crippen LogP contribution is -2.62. The number of anilines is 1. The highest BCUT2D eigenvalue weighted by Crippen LogP contribution is 2.38. The average Bonchev–Trinajstić information content (AvgIpc) is 2.78. The number of hydrogen-bond donors (Lipinski definition) is 3. The first-order valence-electron chi connectivity index (χ1n) is 11.8. The summed E-state index contributed by atoms with van der Waals surface area (Å²) in [6.07, 6.45) is 7.08. The Bertz CT molecular complexity index is 1010. The second-order valence-corrected chi connectivity index (χ2v) is 9.68. The number of phenolic OH excluding ortho intramolecular Hbond substituents is 2. The molecule has 3 N–H and O–H groups in total. The van der Waals surface area contributed by atoms with E-state index in [4.69, 9.17) is 0 Å². The zero-order chi connectivity index (χ0) is 25.7. The third kappa shape index (κ3) is 6.11. The number of aliphatic imine (C=N–C) groups is 1. The molecule has 8 nitrogen and oxygen atoms in total. The van der Waals surface area contributed by atoms with Gasteiger partial charge >= 0.3 is 0 Å². The number of nitrogens with one attached hydrogen (secondary N) is 1. The van der Waals surface area contributed by atoms with E-state index in [0.717, 1.165) is 12.8 Å². The topological polar surface area (TPSA) is 107 Å². The summed E-state index contributed by atoms with van der Waals surface area (Å²) in [5.41, 5.74) is 1.77. The summed E-state index contributed by atoms with van der Waals surface area (Å²) in [7, 11) is 3.62. The minimum absolute atomic E-state index is 0.00667. The van der Waals surface area contributed by atoms with Gasteiger partial charge < -0.3 is 20.4 Å². The largest absolute Gasteiger partial charge is 0.504 e. The average molecular weight is 469 g/mol. The zero-order valence-corrected chi connectivity index (χ0v) is 22.0. The van der Waals surface area contributed by atoms with E-state index in [0.29, 0.717) is 28.5 Å². The lowest BCUT2D eigenvalue weighted by atomic mass is 9.79. The smallest absolute Gasteiger partial charge is 0.245 e. The first-order chi connectivity index (χ1) is 16.0. The third-order valence-corrected chi connectivity index (χ3v) is 5.85. The van der Waals surface area contributed by atoms with Gasteiger partial charge in [0, 0.05) is 42.3 Å². The van der Waals surface area contributed by atoms with Crippen LogP contribution in [0, 0.1) is 0 Å². The molecule has 0 aliphatic carbocycles. The van der Waals surface area contributed by atoms with Crippen LogP contribution in [0.3, 0.4) is 0 Å². The summed E-state index contributed by atoms with van der Waals surface area (Å²) in [4.78, 5) is 10.7. The first-order valence-corrected chi connectivity index (χ1v) is 11.8. The van der Waals surface area contributed by atoms with Gasteiger partial charge in [0.25, 0.3) is 0 Å². The molecule has 1 aromatic heterocycles. The molecular weight excluding hydrogens is 428 g/mol. The van der Waals surface area contributed by atoms with Crippen LogP contribution in [-0.4, -0.2) is 62.3 Å². The Kier molecular flexibility index (Phi) is 8.78. The van der Waals surface area contributed by atoms with Crippen molar-refractivity contribution in [3.8, 4) is 22.8 Å². The van der Waals surface area contributed by atoms with Crippen molar-refractivity contribution >= 4 is 11.7 Å². The molecule has 0 spiro atoms. The summed E-state index contributed by atoms with van der Waals surface area (Å²) in [5.74, 6) is 0.0108. The van der Waals surface area contributed by atoms with Crippen LogP contribution in [-0.2, 0) is 0 Å². The fraction of sp³-hybridized carbons (Fsp3) is 0.538. The van der Waals surface area contributed by atoms with Gasteiger partial charge in [-0.2, -0.15) is 0 Å². The fourth-order valence-corrected chi connectivity index (χ4v) is 4.70. The van der Waals surface area contributed by atoms with Crippen molar-refractivity contribution in [1.82, 2.24) is 20.5 Å². The quantitative estimate of drug-likeness (QED) is 0.431. The lowest BCUT2D eigenvalue weighted by Gasteiger charge is -2.48. The molecular formula is C26H40N6O2. The molecule has 0 amide bonds. The van der Waals surface area contributed by atoms with E-state index in [9.17, 15) is 10.2 Å². The van der Waals surface area contributed by atoms with Gasteiger partial charge in [-0.1, -0.05) is 19.9 Å². The first kappa shape index (κ1) is 27.2. The van der Waals surface area contributed by atoms with E-state index in [1.54, 1.807) is 31.5 Å². The Hall–Kier alpha value is -3.00. The van der Waals surface area contributed by atoms with E-state index in [1.165, 1.54) is 0 Å². The Morgan fingerprint density at radius 3 is 2.21 bits per heavy atom. The van der Waals surface area contributed by atoms with Crippen LogP contribution < -0.4 is 10.2 Å². The summed E-state index contributed by atoms with van der Waals surface area (Å²) in [6, 6.07) is 3.66. The highest BCUT2D eigenvalue weighted by molar-refractivity contribution is 6.11. The normalized spacial score (nSPS) is 17.9. The number of benzene rings is 1. The predicted molar refractivity (Wildman–Crippen MR) is 140 cm³/mol. The fourth-order valence-electron chi connectivity index (χ4n) is 4.70. The molecule has 1 aliphatic heterocycles. The van der Waals surface area contributed by atoms with Crippen LogP contribution in [0.4, 0.5) is 5.95 Å². The van der Waals surface area contributed by atoms with Crippen LogP contribution in [0.25, 0.3) is 11.3 Å². The number of hydrogen-bond acceptors (Lipinski definition) is 8. The minimum atomic E-state index is -0.271. The van der Waals surface area contributed by atoms with Crippen LogP contribution in [0.1, 0.15) is 66.9 Å². The third-order valence-electron chi connectivity index (χ3n) is 5.85. The molecule has 2 heterocycles. The van der Waals surface area contributed by atoms with Crippen molar-refractivity contribution in [3.63, 3.8) is 0 Å². The Balaban J connectivity index is 0.00000199. The molecule has 0 saturated carbocycles. The van der Waals surface area contributed by atoms with Gasteiger partial charge in [0.2, 0.25) is 5.95 Å². The number of aromatic hydroxyl groups is 2. The molecule has 0 bridgehead atoms. The van der Waals surface area contributed by atoms with Crippen LogP contribution in [0.5, 0.6) is 11.5 Å². The number of rotatable bonds is 5. The monoisotopic (exact) mass is 468 g/mol. The Labute approximate surface area is 203 Å². The second-order valence-electron chi connectivity index (χ2n) is 9.68. The highest BCUT2D eigenvalue weighted by Gasteiger charge is 2.39. The number of aromatic nitrogens is 3. The standard InChI is InChI=1S/C24H34N6O2.C2H6/c1-8-9-18(25-6)16-10-11-17(21(32)20(16)31)19-14-26-22(28-27-19)30(7)15-12-23(2,3)29-24(4,5)13-15;1-2/h8-11,14-15,29,31-32H,12-13H2,1-7H3;1-2H3/b9-8-,25-18?;. The molecule has 8 heteroatoms. The molecule has 1 fully saturated rings. The van der Waals surface area contributed by atoms with E-state index >= 15 is 0 Å². The molecule has 34 heavy (non-hydrogen) atoms. The van der Waals surface area contributed by atoms with Crippen molar-refractivity contribution in [3.05, 3.63) is 36.0 Å². The van der Waals surface area contributed by atoms with E-state index in [2.05, 4.69) is 58.1 Å². The number of phenols is 2. The van der Waals surface area contributed by atoms with Gasteiger partial charge in [0.05, 0.1) is 11.9 Å². The van der Waals surface area contributed by atoms with Crippen molar-refractivity contribution in [2.75, 3.05) is 19.0 Å². The SMILES string of the molecule is C/C=C\C(=NC)c1ccc(-c2cnc(N(C)C3CC(C)(C)NC(C)(C)C3)nn2)c(O)c1O.CC. The summed E-state index contributed by atoms with van der Waals surface area (Å²) in [5, 5.41) is 33.4. The van der Waals surface area contributed by atoms with Gasteiger partial charge in [0.1, 0.15) is 5.69 Å². The van der Waals surface area contributed by atoms with Crippen molar-refractivity contribution in [1.29, 1.82) is 0 Å². The molecule has 3 rings (SSSR count). The van der Waals surface area contributed by atoms with Gasteiger partial charge in [-0.05, 0) is 65.7 Å². The Morgan fingerprint density at radius 1 is 1.09 bits per heavy atom. The molecule has 0 atom stereocenters. The number of nitrogens with zero attached hydrogens (tertiary/aromatic N) is 5. The second kappa shape index (κ2) is 11.0. The van der Waals surface area contributed by atoms with Crippen molar-refractivity contribution in [2.24, 2.45) is 4.99 Å². The van der Waals surface area contributed by atoms with Crippen molar-refractivity contribution in [2.45, 2.75) is 78.4 Å². The molecule has 0 unspecified atom stereocenters. The summed E-state index contributed by atoms with van der Waals surface area (Å²) >= 11 is 0. The Morgan fingerprint density at radius 2 is 1.71 bits per heavy atom. The van der Waals surface area contributed by atoms with Crippen LogP contribution in [0.2, 0.25) is 0 Å². The van der Waals surface area contributed by atoms with Gasteiger partial charge in [-0.25, -0.2) is 4.98 Å². The molecule has 2 aromatic rings. The van der Waals surface area contributed by atoms with Gasteiger partial charge in [0.15, 0.2) is 11.5 Å². The number of piperidine rings is 1. The maximum Gasteiger partial charge on any atom is 0.245 e. The summed E-state index contributed by atoms with van der Waals surface area (Å²) < 4.78 is 0. The highest BCUT2D eigenvalue weighted by atomic mass is 16.3. The molecule has 1 aliphatic rings.